The molecule has 2 heterocycles. The van der Waals surface area contributed by atoms with Gasteiger partial charge < -0.3 is 14.8 Å². The largest absolute Gasteiger partial charge is 0.356 e. The van der Waals surface area contributed by atoms with E-state index in [0.717, 1.165) is 30.6 Å². The van der Waals surface area contributed by atoms with Crippen molar-refractivity contribution >= 4 is 11.8 Å². The van der Waals surface area contributed by atoms with E-state index in [9.17, 15) is 9.59 Å². The number of hydrogen-bond acceptors (Lipinski definition) is 2. The molecule has 1 unspecified atom stereocenters. The highest BCUT2D eigenvalue weighted by Crippen LogP contribution is 2.18. The number of piperidine rings is 1. The van der Waals surface area contributed by atoms with Crippen molar-refractivity contribution in [3.63, 3.8) is 0 Å². The first-order valence-electron chi connectivity index (χ1n) is 9.80. The Balaban J connectivity index is 1.55. The van der Waals surface area contributed by atoms with E-state index in [-0.39, 0.29) is 17.7 Å². The van der Waals surface area contributed by atoms with E-state index in [1.807, 2.05) is 58.3 Å². The number of rotatable bonds is 6. The zero-order valence-electron chi connectivity index (χ0n) is 16.2. The standard InChI is InChI=1S/C22H29N3O2/c1-17(2)15-23-22(27)19-6-5-13-25(16-19)21(26)14-18-7-9-20(10-8-18)24-11-3-4-12-24/h3-4,7-12,17,19H,5-6,13-16H2,1-2H3,(H,23,27). The Morgan fingerprint density at radius 1 is 1.15 bits per heavy atom. The first kappa shape index (κ1) is 19.2. The summed E-state index contributed by atoms with van der Waals surface area (Å²) in [6.45, 7) is 6.13. The van der Waals surface area contributed by atoms with Crippen molar-refractivity contribution in [3.05, 3.63) is 54.4 Å². The number of nitrogens with one attached hydrogen (secondary N) is 1. The third kappa shape index (κ3) is 5.22. The number of nitrogens with zero attached hydrogens (tertiary/aromatic N) is 2. The number of carbonyl (C=O) groups is 2. The summed E-state index contributed by atoms with van der Waals surface area (Å²) in [4.78, 5) is 26.9. The smallest absolute Gasteiger partial charge is 0.227 e. The van der Waals surface area contributed by atoms with Crippen molar-refractivity contribution in [3.8, 4) is 5.69 Å². The lowest BCUT2D eigenvalue weighted by Crippen LogP contribution is -2.46. The van der Waals surface area contributed by atoms with E-state index < -0.39 is 0 Å². The Labute approximate surface area is 161 Å². The molecule has 3 rings (SSSR count). The van der Waals surface area contributed by atoms with Gasteiger partial charge in [0.25, 0.3) is 0 Å². The van der Waals surface area contributed by atoms with Gasteiger partial charge in [0, 0.05) is 37.7 Å². The predicted molar refractivity (Wildman–Crippen MR) is 107 cm³/mol. The molecule has 1 saturated heterocycles. The molecule has 27 heavy (non-hydrogen) atoms. The lowest BCUT2D eigenvalue weighted by atomic mass is 9.96. The summed E-state index contributed by atoms with van der Waals surface area (Å²) >= 11 is 0. The minimum atomic E-state index is -0.0856. The third-order valence-electron chi connectivity index (χ3n) is 5.02. The highest BCUT2D eigenvalue weighted by molar-refractivity contribution is 5.82. The minimum absolute atomic E-state index is 0.0808. The van der Waals surface area contributed by atoms with Crippen LogP contribution in [-0.2, 0) is 16.0 Å². The van der Waals surface area contributed by atoms with Gasteiger partial charge in [-0.25, -0.2) is 0 Å². The molecule has 2 aromatic rings. The first-order valence-corrected chi connectivity index (χ1v) is 9.80. The zero-order chi connectivity index (χ0) is 19.2. The molecule has 144 valence electrons. The van der Waals surface area contributed by atoms with Crippen LogP contribution in [0.1, 0.15) is 32.3 Å². The number of likely N-dealkylation sites (tertiary alicyclic amines) is 1. The van der Waals surface area contributed by atoms with E-state index in [0.29, 0.717) is 25.4 Å². The van der Waals surface area contributed by atoms with Crippen molar-refractivity contribution in [2.24, 2.45) is 11.8 Å². The van der Waals surface area contributed by atoms with E-state index in [1.165, 1.54) is 0 Å². The second-order valence-corrected chi connectivity index (χ2v) is 7.75. The molecule has 1 aromatic heterocycles. The molecule has 2 amide bonds. The zero-order valence-corrected chi connectivity index (χ0v) is 16.2. The molecule has 0 bridgehead atoms. The van der Waals surface area contributed by atoms with E-state index in [2.05, 4.69) is 19.2 Å². The van der Waals surface area contributed by atoms with Gasteiger partial charge in [0.1, 0.15) is 0 Å². The van der Waals surface area contributed by atoms with Crippen LogP contribution in [0.2, 0.25) is 0 Å². The Bertz CT molecular complexity index is 750. The Kier molecular flexibility index (Phi) is 6.32. The van der Waals surface area contributed by atoms with E-state index in [1.54, 1.807) is 0 Å². The predicted octanol–water partition coefficient (Wildman–Crippen LogP) is 3.03. The summed E-state index contributed by atoms with van der Waals surface area (Å²) in [5, 5.41) is 3.00. The van der Waals surface area contributed by atoms with Gasteiger partial charge in [-0.15, -0.1) is 0 Å². The molecule has 0 spiro atoms. The van der Waals surface area contributed by atoms with Gasteiger partial charge in [-0.2, -0.15) is 0 Å². The van der Waals surface area contributed by atoms with Gasteiger partial charge in [0.15, 0.2) is 0 Å². The third-order valence-corrected chi connectivity index (χ3v) is 5.02. The normalized spacial score (nSPS) is 17.1. The van der Waals surface area contributed by atoms with Crippen LogP contribution in [0.3, 0.4) is 0 Å². The fourth-order valence-corrected chi connectivity index (χ4v) is 3.45. The van der Waals surface area contributed by atoms with Crippen LogP contribution in [0.25, 0.3) is 5.69 Å². The molecular weight excluding hydrogens is 338 g/mol. The average molecular weight is 367 g/mol. The maximum absolute atomic E-state index is 12.7. The van der Waals surface area contributed by atoms with Gasteiger partial charge >= 0.3 is 0 Å². The van der Waals surface area contributed by atoms with Crippen LogP contribution in [-0.4, -0.2) is 40.9 Å². The maximum atomic E-state index is 12.7. The van der Waals surface area contributed by atoms with Gasteiger partial charge in [0.05, 0.1) is 12.3 Å². The van der Waals surface area contributed by atoms with Gasteiger partial charge in [-0.1, -0.05) is 26.0 Å². The second kappa shape index (κ2) is 8.89. The Morgan fingerprint density at radius 2 is 1.85 bits per heavy atom. The topological polar surface area (TPSA) is 54.3 Å². The Morgan fingerprint density at radius 3 is 2.52 bits per heavy atom. The lowest BCUT2D eigenvalue weighted by molar-refractivity contribution is -0.135. The number of benzene rings is 1. The van der Waals surface area contributed by atoms with E-state index in [4.69, 9.17) is 0 Å². The summed E-state index contributed by atoms with van der Waals surface area (Å²) in [6.07, 6.45) is 6.13. The van der Waals surface area contributed by atoms with Crippen LogP contribution in [0.5, 0.6) is 0 Å². The second-order valence-electron chi connectivity index (χ2n) is 7.75. The number of amides is 2. The molecule has 1 aliphatic heterocycles. The summed E-state index contributed by atoms with van der Waals surface area (Å²) in [5.41, 5.74) is 2.08. The van der Waals surface area contributed by atoms with Crippen LogP contribution < -0.4 is 5.32 Å². The molecule has 1 fully saturated rings. The Hall–Kier alpha value is -2.56. The van der Waals surface area contributed by atoms with Crippen molar-refractivity contribution in [1.82, 2.24) is 14.8 Å². The van der Waals surface area contributed by atoms with Crippen LogP contribution in [0.15, 0.2) is 48.8 Å². The highest BCUT2D eigenvalue weighted by Gasteiger charge is 2.28. The monoisotopic (exact) mass is 367 g/mol. The van der Waals surface area contributed by atoms with Crippen molar-refractivity contribution in [2.45, 2.75) is 33.1 Å². The molecule has 5 heteroatoms. The number of carbonyl (C=O) groups excluding carboxylic acids is 2. The molecule has 0 radical (unpaired) electrons. The molecular formula is C22H29N3O2. The fraction of sp³-hybridized carbons (Fsp3) is 0.455. The summed E-state index contributed by atoms with van der Waals surface area (Å²) in [7, 11) is 0. The van der Waals surface area contributed by atoms with Crippen molar-refractivity contribution in [2.75, 3.05) is 19.6 Å². The van der Waals surface area contributed by atoms with Crippen LogP contribution >= 0.6 is 0 Å². The van der Waals surface area contributed by atoms with E-state index >= 15 is 0 Å². The van der Waals surface area contributed by atoms with Gasteiger partial charge in [0.2, 0.25) is 11.8 Å². The molecule has 1 aromatic carbocycles. The first-order chi connectivity index (χ1) is 13.0. The fourth-order valence-electron chi connectivity index (χ4n) is 3.45. The van der Waals surface area contributed by atoms with Crippen molar-refractivity contribution in [1.29, 1.82) is 0 Å². The molecule has 1 N–H and O–H groups in total. The van der Waals surface area contributed by atoms with Gasteiger partial charge in [-0.3, -0.25) is 9.59 Å². The summed E-state index contributed by atoms with van der Waals surface area (Å²) in [6, 6.07) is 12.0. The average Bonchev–Trinajstić information content (AvgIpc) is 3.21. The lowest BCUT2D eigenvalue weighted by Gasteiger charge is -2.32. The summed E-state index contributed by atoms with van der Waals surface area (Å²) < 4.78 is 2.04. The molecule has 5 nitrogen and oxygen atoms in total. The maximum Gasteiger partial charge on any atom is 0.227 e. The molecule has 1 aliphatic rings. The molecule has 0 aliphatic carbocycles. The SMILES string of the molecule is CC(C)CNC(=O)C1CCCN(C(=O)Cc2ccc(-n3cccc3)cc2)C1. The van der Waals surface area contributed by atoms with Crippen molar-refractivity contribution < 1.29 is 9.59 Å². The summed E-state index contributed by atoms with van der Waals surface area (Å²) in [5.74, 6) is 0.532. The van der Waals surface area contributed by atoms with Crippen LogP contribution in [0.4, 0.5) is 0 Å². The highest BCUT2D eigenvalue weighted by atomic mass is 16.2. The quantitative estimate of drug-likeness (QED) is 0.853. The number of aromatic nitrogens is 1. The molecule has 1 atom stereocenters. The van der Waals surface area contributed by atoms with Crippen LogP contribution in [0, 0.1) is 11.8 Å². The number of hydrogen-bond donors (Lipinski definition) is 1. The molecule has 0 saturated carbocycles. The minimum Gasteiger partial charge on any atom is -0.356 e. The van der Waals surface area contributed by atoms with Gasteiger partial charge in [-0.05, 0) is 48.6 Å².